The average Bonchev–Trinajstić information content (AvgIpc) is 2.34. The number of hydrogen-bond donors (Lipinski definition) is 0. The van der Waals surface area contributed by atoms with Gasteiger partial charge in [0.1, 0.15) is 0 Å². The molecule has 0 N–H and O–H groups in total. The molecule has 0 saturated heterocycles. The van der Waals surface area contributed by atoms with Crippen molar-refractivity contribution >= 4 is 52.7 Å². The molecule has 1 aromatic carbocycles. The second-order valence-corrected chi connectivity index (χ2v) is 5.12. The molecule has 0 aliphatic heterocycles. The van der Waals surface area contributed by atoms with Crippen LogP contribution in [0.1, 0.15) is 10.4 Å². The maximum absolute atomic E-state index is 11.0. The molecular formula is C12H5Cl4NO. The van der Waals surface area contributed by atoms with Crippen molar-refractivity contribution in [2.45, 2.75) is 0 Å². The molecule has 18 heavy (non-hydrogen) atoms. The van der Waals surface area contributed by atoms with Gasteiger partial charge in [-0.05, 0) is 18.2 Å². The van der Waals surface area contributed by atoms with Gasteiger partial charge in [0.05, 0.1) is 20.8 Å². The Labute approximate surface area is 123 Å². The molecule has 0 amide bonds. The number of hydrogen-bond acceptors (Lipinski definition) is 2. The molecule has 1 heterocycles. The summed E-state index contributed by atoms with van der Waals surface area (Å²) in [6, 6.07) is 4.62. The first-order valence-electron chi connectivity index (χ1n) is 4.78. The van der Waals surface area contributed by atoms with E-state index in [1.165, 1.54) is 18.3 Å². The molecule has 2 aromatic rings. The van der Waals surface area contributed by atoms with Crippen LogP contribution in [-0.2, 0) is 0 Å². The van der Waals surface area contributed by atoms with Gasteiger partial charge in [-0.1, -0.05) is 46.4 Å². The fourth-order valence-electron chi connectivity index (χ4n) is 1.50. The summed E-state index contributed by atoms with van der Waals surface area (Å²) in [6.07, 6.45) is 2.08. The first-order chi connectivity index (χ1) is 8.52. The third kappa shape index (κ3) is 2.62. The van der Waals surface area contributed by atoms with Crippen LogP contribution in [0, 0.1) is 0 Å². The zero-order valence-corrected chi connectivity index (χ0v) is 11.8. The second-order valence-electron chi connectivity index (χ2n) is 3.46. The lowest BCUT2D eigenvalue weighted by molar-refractivity contribution is 0.112. The first kappa shape index (κ1) is 13.6. The molecule has 0 bridgehead atoms. The number of nitrogens with zero attached hydrogens (tertiary/aromatic N) is 1. The normalized spacial score (nSPS) is 10.4. The van der Waals surface area contributed by atoms with Gasteiger partial charge in [-0.3, -0.25) is 9.78 Å². The molecule has 92 valence electrons. The summed E-state index contributed by atoms with van der Waals surface area (Å²) in [4.78, 5) is 15.1. The highest BCUT2D eigenvalue weighted by molar-refractivity contribution is 6.45. The Hall–Kier alpha value is -0.800. The van der Waals surface area contributed by atoms with E-state index in [-0.39, 0.29) is 0 Å². The maximum atomic E-state index is 11.0. The monoisotopic (exact) mass is 319 g/mol. The number of benzene rings is 1. The van der Waals surface area contributed by atoms with Crippen molar-refractivity contribution in [3.05, 3.63) is 50.0 Å². The van der Waals surface area contributed by atoms with Crippen molar-refractivity contribution < 1.29 is 4.79 Å². The molecule has 0 unspecified atom stereocenters. The smallest absolute Gasteiger partial charge is 0.152 e. The Morgan fingerprint density at radius 1 is 1.00 bits per heavy atom. The van der Waals surface area contributed by atoms with Crippen molar-refractivity contribution in [1.82, 2.24) is 4.98 Å². The van der Waals surface area contributed by atoms with Gasteiger partial charge in [0.25, 0.3) is 0 Å². The Morgan fingerprint density at radius 2 is 1.72 bits per heavy atom. The van der Waals surface area contributed by atoms with Crippen LogP contribution in [-0.4, -0.2) is 11.3 Å². The summed E-state index contributed by atoms with van der Waals surface area (Å²) in [6.45, 7) is 0. The third-order valence-corrected chi connectivity index (χ3v) is 3.49. The zero-order valence-electron chi connectivity index (χ0n) is 8.75. The number of carbonyl (C=O) groups excluding carboxylic acids is 1. The van der Waals surface area contributed by atoms with Gasteiger partial charge in [0, 0.05) is 22.3 Å². The number of aldehydes is 1. The van der Waals surface area contributed by atoms with Crippen LogP contribution < -0.4 is 0 Å². The zero-order chi connectivity index (χ0) is 13.3. The first-order valence-corrected chi connectivity index (χ1v) is 6.29. The molecular weight excluding hydrogens is 316 g/mol. The van der Waals surface area contributed by atoms with Crippen LogP contribution in [0.3, 0.4) is 0 Å². The minimum atomic E-state index is 0.291. The Morgan fingerprint density at radius 3 is 2.39 bits per heavy atom. The number of halogens is 4. The summed E-state index contributed by atoms with van der Waals surface area (Å²) in [5.41, 5.74) is 1.21. The van der Waals surface area contributed by atoms with Gasteiger partial charge in [-0.25, -0.2) is 0 Å². The van der Waals surface area contributed by atoms with E-state index in [1.807, 2.05) is 0 Å². The van der Waals surface area contributed by atoms with Crippen LogP contribution >= 0.6 is 46.4 Å². The second kappa shape index (κ2) is 5.45. The van der Waals surface area contributed by atoms with Crippen LogP contribution in [0.15, 0.2) is 24.4 Å². The predicted octanol–water partition coefficient (Wildman–Crippen LogP) is 5.17. The Kier molecular flexibility index (Phi) is 4.13. The van der Waals surface area contributed by atoms with Crippen LogP contribution in [0.4, 0.5) is 0 Å². The minimum absolute atomic E-state index is 0.291. The molecule has 0 fully saturated rings. The lowest BCUT2D eigenvalue weighted by Crippen LogP contribution is -1.93. The highest BCUT2D eigenvalue weighted by atomic mass is 35.5. The molecule has 6 heteroatoms. The van der Waals surface area contributed by atoms with E-state index < -0.39 is 0 Å². The molecule has 2 nitrogen and oxygen atoms in total. The molecule has 0 radical (unpaired) electrons. The Bertz CT molecular complexity index is 628. The lowest BCUT2D eigenvalue weighted by atomic mass is 10.1. The SMILES string of the molecule is O=Cc1cc(Cl)cnc1-c1cc(Cl)cc(Cl)c1Cl. The number of aromatic nitrogens is 1. The fraction of sp³-hybridized carbons (Fsp3) is 0. The van der Waals surface area contributed by atoms with E-state index in [4.69, 9.17) is 46.4 Å². The van der Waals surface area contributed by atoms with E-state index in [9.17, 15) is 4.79 Å². The summed E-state index contributed by atoms with van der Waals surface area (Å²) in [5.74, 6) is 0. The van der Waals surface area contributed by atoms with Gasteiger partial charge in [0.2, 0.25) is 0 Å². The standard InChI is InChI=1S/C12H5Cl4NO/c13-7-2-9(11(16)10(15)3-7)12-6(5-18)1-8(14)4-17-12/h1-5H. The maximum Gasteiger partial charge on any atom is 0.152 e. The molecule has 0 aliphatic rings. The van der Waals surface area contributed by atoms with Gasteiger partial charge in [-0.2, -0.15) is 0 Å². The minimum Gasteiger partial charge on any atom is -0.298 e. The van der Waals surface area contributed by atoms with Crippen LogP contribution in [0.2, 0.25) is 20.1 Å². The molecule has 2 rings (SSSR count). The topological polar surface area (TPSA) is 30.0 Å². The van der Waals surface area contributed by atoms with Crippen molar-refractivity contribution in [3.63, 3.8) is 0 Å². The van der Waals surface area contributed by atoms with Crippen LogP contribution in [0.5, 0.6) is 0 Å². The van der Waals surface area contributed by atoms with Gasteiger partial charge in [0.15, 0.2) is 6.29 Å². The Balaban J connectivity index is 2.72. The summed E-state index contributed by atoms with van der Waals surface area (Å²) < 4.78 is 0. The quantitative estimate of drug-likeness (QED) is 0.564. The van der Waals surface area contributed by atoms with Gasteiger partial charge in [-0.15, -0.1) is 0 Å². The highest BCUT2D eigenvalue weighted by Gasteiger charge is 2.14. The molecule has 0 atom stereocenters. The fourth-order valence-corrected chi connectivity index (χ4v) is 2.36. The van der Waals surface area contributed by atoms with E-state index in [0.29, 0.717) is 43.2 Å². The van der Waals surface area contributed by atoms with Gasteiger partial charge >= 0.3 is 0 Å². The van der Waals surface area contributed by atoms with E-state index in [2.05, 4.69) is 4.98 Å². The van der Waals surface area contributed by atoms with E-state index >= 15 is 0 Å². The summed E-state index contributed by atoms with van der Waals surface area (Å²) >= 11 is 23.7. The van der Waals surface area contributed by atoms with Crippen molar-refractivity contribution in [1.29, 1.82) is 0 Å². The average molecular weight is 321 g/mol. The number of carbonyl (C=O) groups is 1. The molecule has 0 aliphatic carbocycles. The number of pyridine rings is 1. The van der Waals surface area contributed by atoms with Crippen molar-refractivity contribution in [2.75, 3.05) is 0 Å². The predicted molar refractivity (Wildman–Crippen MR) is 75.1 cm³/mol. The third-order valence-electron chi connectivity index (χ3n) is 2.26. The number of rotatable bonds is 2. The van der Waals surface area contributed by atoms with Crippen molar-refractivity contribution in [2.24, 2.45) is 0 Å². The van der Waals surface area contributed by atoms with E-state index in [0.717, 1.165) is 0 Å². The lowest BCUT2D eigenvalue weighted by Gasteiger charge is -2.08. The molecule has 1 aromatic heterocycles. The highest BCUT2D eigenvalue weighted by Crippen LogP contribution is 2.37. The largest absolute Gasteiger partial charge is 0.298 e. The molecule has 0 saturated carbocycles. The van der Waals surface area contributed by atoms with Gasteiger partial charge < -0.3 is 0 Å². The van der Waals surface area contributed by atoms with Crippen molar-refractivity contribution in [3.8, 4) is 11.3 Å². The molecule has 0 spiro atoms. The van der Waals surface area contributed by atoms with E-state index in [1.54, 1.807) is 6.07 Å². The summed E-state index contributed by atoms with van der Waals surface area (Å²) in [7, 11) is 0. The summed E-state index contributed by atoms with van der Waals surface area (Å²) in [5, 5.41) is 1.37. The van der Waals surface area contributed by atoms with Crippen LogP contribution in [0.25, 0.3) is 11.3 Å².